The zero-order chi connectivity index (χ0) is 12.8. The molecule has 0 bridgehead atoms. The van der Waals surface area contributed by atoms with Crippen molar-refractivity contribution < 1.29 is 13.2 Å². The van der Waals surface area contributed by atoms with E-state index >= 15 is 0 Å². The van der Waals surface area contributed by atoms with Crippen molar-refractivity contribution in [2.75, 3.05) is 0 Å². The molecule has 0 aliphatic heterocycles. The Bertz CT molecular complexity index is 395. The zero-order valence-corrected chi connectivity index (χ0v) is 10.3. The maximum Gasteiger partial charge on any atom is 0.392 e. The normalized spacial score (nSPS) is 24.8. The van der Waals surface area contributed by atoms with Crippen LogP contribution in [0.15, 0.2) is 24.3 Å². The molecule has 1 fully saturated rings. The highest BCUT2D eigenvalue weighted by Gasteiger charge is 2.55. The lowest BCUT2D eigenvalue weighted by atomic mass is 9.86. The van der Waals surface area contributed by atoms with Crippen LogP contribution in [0.5, 0.6) is 0 Å². The average Bonchev–Trinajstić information content (AvgIpc) is 2.95. The molecular weight excluding hydrogens is 225 g/mol. The van der Waals surface area contributed by atoms with E-state index in [1.54, 1.807) is 0 Å². The summed E-state index contributed by atoms with van der Waals surface area (Å²) in [6.45, 7) is 6.28. The third kappa shape index (κ3) is 2.64. The molecule has 1 aromatic rings. The smallest absolute Gasteiger partial charge is 0.171 e. The number of alkyl halides is 3. The van der Waals surface area contributed by atoms with Gasteiger partial charge in [0.25, 0.3) is 0 Å². The van der Waals surface area contributed by atoms with Gasteiger partial charge in [0.2, 0.25) is 0 Å². The van der Waals surface area contributed by atoms with Crippen molar-refractivity contribution in [1.29, 1.82) is 0 Å². The fraction of sp³-hybridized carbons (Fsp3) is 0.571. The highest BCUT2D eigenvalue weighted by atomic mass is 19.4. The van der Waals surface area contributed by atoms with E-state index in [1.165, 1.54) is 0 Å². The number of halogens is 3. The second kappa shape index (κ2) is 3.76. The van der Waals surface area contributed by atoms with Crippen molar-refractivity contribution in [3.05, 3.63) is 35.4 Å². The van der Waals surface area contributed by atoms with Crippen molar-refractivity contribution in [3.8, 4) is 0 Å². The predicted molar refractivity (Wildman–Crippen MR) is 62.0 cm³/mol. The Labute approximate surface area is 99.8 Å². The van der Waals surface area contributed by atoms with Crippen LogP contribution in [0.4, 0.5) is 13.2 Å². The standard InChI is InChI=1S/C14H17F3/c1-13(2,3)10-6-4-9(5-7-10)11-8-12(11)14(15,16)17/h4-7,11-12H,8H2,1-3H3/t11-,12+/m1/s1. The van der Waals surface area contributed by atoms with Gasteiger partial charge < -0.3 is 0 Å². The Hall–Kier alpha value is -0.990. The van der Waals surface area contributed by atoms with Crippen molar-refractivity contribution in [1.82, 2.24) is 0 Å². The summed E-state index contributed by atoms with van der Waals surface area (Å²) in [6.07, 6.45) is -3.79. The van der Waals surface area contributed by atoms with Crippen LogP contribution in [0.2, 0.25) is 0 Å². The Kier molecular flexibility index (Phi) is 2.75. The number of hydrogen-bond acceptors (Lipinski definition) is 0. The fourth-order valence-corrected chi connectivity index (χ4v) is 2.16. The molecule has 0 aromatic heterocycles. The lowest BCUT2D eigenvalue weighted by Gasteiger charge is -2.19. The first-order valence-electron chi connectivity index (χ1n) is 5.87. The molecule has 0 unspecified atom stereocenters. The second-order valence-corrected chi connectivity index (χ2v) is 5.86. The molecule has 2 atom stereocenters. The first-order valence-corrected chi connectivity index (χ1v) is 5.87. The molecule has 0 saturated heterocycles. The quantitative estimate of drug-likeness (QED) is 0.672. The third-order valence-corrected chi connectivity index (χ3v) is 3.42. The molecule has 2 rings (SSSR count). The molecule has 0 heterocycles. The Morgan fingerprint density at radius 1 is 1.00 bits per heavy atom. The van der Waals surface area contributed by atoms with Crippen LogP contribution in [0.3, 0.4) is 0 Å². The van der Waals surface area contributed by atoms with Gasteiger partial charge in [0, 0.05) is 0 Å². The minimum absolute atomic E-state index is 0.0471. The van der Waals surface area contributed by atoms with Crippen LogP contribution < -0.4 is 0 Å². The van der Waals surface area contributed by atoms with Crippen molar-refractivity contribution in [2.45, 2.75) is 44.7 Å². The van der Waals surface area contributed by atoms with Gasteiger partial charge in [-0.25, -0.2) is 0 Å². The molecule has 0 radical (unpaired) electrons. The van der Waals surface area contributed by atoms with Crippen LogP contribution in [-0.2, 0) is 5.41 Å². The van der Waals surface area contributed by atoms with Gasteiger partial charge in [-0.3, -0.25) is 0 Å². The maximum absolute atomic E-state index is 12.4. The van der Waals surface area contributed by atoms with Crippen LogP contribution in [0, 0.1) is 5.92 Å². The first-order chi connectivity index (χ1) is 7.69. The van der Waals surface area contributed by atoms with E-state index < -0.39 is 12.1 Å². The first kappa shape index (κ1) is 12.5. The van der Waals surface area contributed by atoms with Gasteiger partial charge in [0.05, 0.1) is 5.92 Å². The Balaban J connectivity index is 2.11. The van der Waals surface area contributed by atoms with Crippen molar-refractivity contribution in [3.63, 3.8) is 0 Å². The van der Waals surface area contributed by atoms with Crippen LogP contribution >= 0.6 is 0 Å². The van der Waals surface area contributed by atoms with Crippen LogP contribution in [0.1, 0.15) is 44.2 Å². The minimum Gasteiger partial charge on any atom is -0.171 e. The summed E-state index contributed by atoms with van der Waals surface area (Å²) in [4.78, 5) is 0. The van der Waals surface area contributed by atoms with Gasteiger partial charge >= 0.3 is 6.18 Å². The van der Waals surface area contributed by atoms with E-state index in [2.05, 4.69) is 20.8 Å². The summed E-state index contributed by atoms with van der Waals surface area (Å²) in [5.74, 6) is -1.44. The molecule has 3 heteroatoms. The third-order valence-electron chi connectivity index (χ3n) is 3.42. The fourth-order valence-electron chi connectivity index (χ4n) is 2.16. The lowest BCUT2D eigenvalue weighted by Crippen LogP contribution is -2.12. The molecule has 0 spiro atoms. The average molecular weight is 242 g/mol. The summed E-state index contributed by atoms with van der Waals surface area (Å²) in [6, 6.07) is 7.58. The van der Waals surface area contributed by atoms with Crippen LogP contribution in [-0.4, -0.2) is 6.18 Å². The molecule has 17 heavy (non-hydrogen) atoms. The van der Waals surface area contributed by atoms with E-state index in [9.17, 15) is 13.2 Å². The summed E-state index contributed by atoms with van der Waals surface area (Å²) in [5.41, 5.74) is 2.02. The van der Waals surface area contributed by atoms with E-state index in [0.717, 1.165) is 11.1 Å². The molecule has 1 saturated carbocycles. The Morgan fingerprint density at radius 2 is 1.53 bits per heavy atom. The van der Waals surface area contributed by atoms with Crippen molar-refractivity contribution >= 4 is 0 Å². The summed E-state index contributed by atoms with van der Waals surface area (Å²) < 4.78 is 37.3. The summed E-state index contributed by atoms with van der Waals surface area (Å²) in [7, 11) is 0. The van der Waals surface area contributed by atoms with Gasteiger partial charge in [-0.1, -0.05) is 45.0 Å². The zero-order valence-electron chi connectivity index (χ0n) is 10.3. The maximum atomic E-state index is 12.4. The molecule has 1 aromatic carbocycles. The van der Waals surface area contributed by atoms with Gasteiger partial charge in [0.1, 0.15) is 0 Å². The van der Waals surface area contributed by atoms with Crippen molar-refractivity contribution in [2.24, 2.45) is 5.92 Å². The highest BCUT2D eigenvalue weighted by molar-refractivity contribution is 5.32. The number of rotatable bonds is 1. The van der Waals surface area contributed by atoms with E-state index in [1.807, 2.05) is 24.3 Å². The molecule has 0 amide bonds. The Morgan fingerprint density at radius 3 is 1.88 bits per heavy atom. The predicted octanol–water partition coefficient (Wildman–Crippen LogP) is 4.65. The van der Waals surface area contributed by atoms with Gasteiger partial charge in [-0.05, 0) is 28.9 Å². The van der Waals surface area contributed by atoms with E-state index in [4.69, 9.17) is 0 Å². The number of hydrogen-bond donors (Lipinski definition) is 0. The van der Waals surface area contributed by atoms with E-state index in [0.29, 0.717) is 0 Å². The summed E-state index contributed by atoms with van der Waals surface area (Å²) in [5, 5.41) is 0. The monoisotopic (exact) mass is 242 g/mol. The van der Waals surface area contributed by atoms with Gasteiger partial charge in [-0.15, -0.1) is 0 Å². The molecule has 0 N–H and O–H groups in total. The van der Waals surface area contributed by atoms with Gasteiger partial charge in [-0.2, -0.15) is 13.2 Å². The molecular formula is C14H17F3. The highest BCUT2D eigenvalue weighted by Crippen LogP contribution is 2.56. The minimum atomic E-state index is -4.03. The summed E-state index contributed by atoms with van der Waals surface area (Å²) >= 11 is 0. The topological polar surface area (TPSA) is 0 Å². The molecule has 0 nitrogen and oxygen atoms in total. The van der Waals surface area contributed by atoms with E-state index in [-0.39, 0.29) is 17.8 Å². The van der Waals surface area contributed by atoms with Crippen LogP contribution in [0.25, 0.3) is 0 Å². The lowest BCUT2D eigenvalue weighted by molar-refractivity contribution is -0.148. The SMILES string of the molecule is CC(C)(C)c1ccc([C@H]2C[C@@H]2C(F)(F)F)cc1. The second-order valence-electron chi connectivity index (χ2n) is 5.86. The van der Waals surface area contributed by atoms with Gasteiger partial charge in [0.15, 0.2) is 0 Å². The largest absolute Gasteiger partial charge is 0.392 e. The molecule has 94 valence electrons. The molecule has 1 aliphatic carbocycles. The number of benzene rings is 1. The molecule has 1 aliphatic rings.